The Bertz CT molecular complexity index is 358. The molecule has 0 aromatic carbocycles. The number of hydrogen-bond acceptors (Lipinski definition) is 5. The molecule has 0 atom stereocenters. The van der Waals surface area contributed by atoms with Crippen LogP contribution in [0.4, 0.5) is 0 Å². The molecule has 0 saturated carbocycles. The van der Waals surface area contributed by atoms with Crippen molar-refractivity contribution in [1.82, 2.24) is 10.6 Å². The molecule has 0 radical (unpaired) electrons. The minimum absolute atomic E-state index is 0.121. The molecule has 0 aliphatic carbocycles. The highest BCUT2D eigenvalue weighted by Crippen LogP contribution is 2.08. The van der Waals surface area contributed by atoms with Crippen LogP contribution in [0.5, 0.6) is 0 Å². The summed E-state index contributed by atoms with van der Waals surface area (Å²) in [7, 11) is 0. The summed E-state index contributed by atoms with van der Waals surface area (Å²) in [5, 5.41) is 13.3. The molecular formula is C20H42N4O4. The van der Waals surface area contributed by atoms with Crippen LogP contribution in [-0.2, 0) is 14.4 Å². The number of hydrogen-bond donors (Lipinski definition) is 5. The minimum atomic E-state index is -0.833. The summed E-state index contributed by atoms with van der Waals surface area (Å²) >= 11 is 0. The van der Waals surface area contributed by atoms with Crippen LogP contribution in [0.25, 0.3) is 0 Å². The second-order valence-corrected chi connectivity index (χ2v) is 6.83. The zero-order valence-electron chi connectivity index (χ0n) is 17.6. The molecule has 0 aromatic rings. The summed E-state index contributed by atoms with van der Waals surface area (Å²) in [6.07, 6.45) is 12.1. The maximum Gasteiger partial charge on any atom is 0.300 e. The Morgan fingerprint density at radius 2 is 0.929 bits per heavy atom. The summed E-state index contributed by atoms with van der Waals surface area (Å²) in [6.45, 7) is 3.81. The van der Waals surface area contributed by atoms with Crippen LogP contribution < -0.4 is 22.1 Å². The maximum absolute atomic E-state index is 11.4. The molecule has 8 heteroatoms. The van der Waals surface area contributed by atoms with Gasteiger partial charge in [-0.05, 0) is 38.8 Å². The fraction of sp³-hybridized carbons (Fsp3) is 0.850. The van der Waals surface area contributed by atoms with E-state index < -0.39 is 5.97 Å². The van der Waals surface area contributed by atoms with Gasteiger partial charge in [-0.25, -0.2) is 0 Å². The largest absolute Gasteiger partial charge is 0.481 e. The first-order valence-electron chi connectivity index (χ1n) is 10.6. The minimum Gasteiger partial charge on any atom is -0.481 e. The standard InChI is InChI=1S/C18H38N4O2.C2H4O2/c19-13-9-11-17(23)21-15-7-5-3-1-2-4-6-8-16-22-18(24)12-10-14-20;1-2(3)4/h1-16,19-20H2,(H,21,23)(H,22,24);1H3,(H,3,4). The van der Waals surface area contributed by atoms with Gasteiger partial charge in [0.1, 0.15) is 0 Å². The predicted octanol–water partition coefficient (Wildman–Crippen LogP) is 1.91. The van der Waals surface area contributed by atoms with E-state index in [0.717, 1.165) is 45.7 Å². The second-order valence-electron chi connectivity index (χ2n) is 6.83. The van der Waals surface area contributed by atoms with E-state index >= 15 is 0 Å². The lowest BCUT2D eigenvalue weighted by atomic mass is 10.1. The van der Waals surface area contributed by atoms with Gasteiger partial charge in [0, 0.05) is 32.9 Å². The van der Waals surface area contributed by atoms with Crippen molar-refractivity contribution in [2.45, 2.75) is 84.0 Å². The van der Waals surface area contributed by atoms with Gasteiger partial charge >= 0.3 is 0 Å². The molecule has 0 fully saturated rings. The van der Waals surface area contributed by atoms with Crippen LogP contribution >= 0.6 is 0 Å². The number of aliphatic carboxylic acids is 1. The molecule has 0 aliphatic heterocycles. The van der Waals surface area contributed by atoms with E-state index in [1.54, 1.807) is 0 Å². The number of nitrogens with one attached hydrogen (secondary N) is 2. The van der Waals surface area contributed by atoms with E-state index in [1.807, 2.05) is 0 Å². The van der Waals surface area contributed by atoms with Gasteiger partial charge in [-0.1, -0.05) is 38.5 Å². The quantitative estimate of drug-likeness (QED) is 0.235. The van der Waals surface area contributed by atoms with E-state index in [2.05, 4.69) is 10.6 Å². The lowest BCUT2D eigenvalue weighted by Gasteiger charge is -2.06. The van der Waals surface area contributed by atoms with Crippen molar-refractivity contribution in [2.24, 2.45) is 11.5 Å². The molecule has 7 N–H and O–H groups in total. The molecule has 0 heterocycles. The zero-order valence-corrected chi connectivity index (χ0v) is 17.6. The number of nitrogens with two attached hydrogens (primary N) is 2. The van der Waals surface area contributed by atoms with E-state index in [0.29, 0.717) is 25.9 Å². The molecule has 0 saturated heterocycles. The average Bonchev–Trinajstić information content (AvgIpc) is 2.65. The van der Waals surface area contributed by atoms with Crippen LogP contribution in [0, 0.1) is 0 Å². The summed E-state index contributed by atoms with van der Waals surface area (Å²) in [4.78, 5) is 31.7. The fourth-order valence-electron chi connectivity index (χ4n) is 2.47. The van der Waals surface area contributed by atoms with Crippen molar-refractivity contribution in [3.8, 4) is 0 Å². The SMILES string of the molecule is CC(=O)O.NCCCC(=O)NCCCCCCCCCCNC(=O)CCCN. The molecule has 8 nitrogen and oxygen atoms in total. The summed E-state index contributed by atoms with van der Waals surface area (Å²) < 4.78 is 0. The van der Waals surface area contributed by atoms with Crippen molar-refractivity contribution in [1.29, 1.82) is 0 Å². The molecule has 28 heavy (non-hydrogen) atoms. The van der Waals surface area contributed by atoms with Gasteiger partial charge in [-0.3, -0.25) is 14.4 Å². The van der Waals surface area contributed by atoms with Gasteiger partial charge in [0.15, 0.2) is 0 Å². The predicted molar refractivity (Wildman–Crippen MR) is 113 cm³/mol. The van der Waals surface area contributed by atoms with Crippen molar-refractivity contribution < 1.29 is 19.5 Å². The monoisotopic (exact) mass is 402 g/mol. The Balaban J connectivity index is 0. The normalized spacial score (nSPS) is 9.96. The topological polar surface area (TPSA) is 148 Å². The molecule has 0 rings (SSSR count). The van der Waals surface area contributed by atoms with Crippen LogP contribution in [0.2, 0.25) is 0 Å². The van der Waals surface area contributed by atoms with Gasteiger partial charge in [-0.2, -0.15) is 0 Å². The second kappa shape index (κ2) is 23.4. The summed E-state index contributed by atoms with van der Waals surface area (Å²) in [5.41, 5.74) is 10.7. The van der Waals surface area contributed by atoms with Crippen LogP contribution in [0.15, 0.2) is 0 Å². The number of carboxylic acids is 1. The highest BCUT2D eigenvalue weighted by atomic mass is 16.4. The van der Waals surface area contributed by atoms with Crippen molar-refractivity contribution >= 4 is 17.8 Å². The lowest BCUT2D eigenvalue weighted by molar-refractivity contribution is -0.134. The van der Waals surface area contributed by atoms with E-state index in [4.69, 9.17) is 21.4 Å². The molecular weight excluding hydrogens is 360 g/mol. The summed E-state index contributed by atoms with van der Waals surface area (Å²) in [6, 6.07) is 0. The summed E-state index contributed by atoms with van der Waals surface area (Å²) in [5.74, 6) is -0.592. The van der Waals surface area contributed by atoms with Gasteiger partial charge in [0.2, 0.25) is 11.8 Å². The zero-order chi connectivity index (χ0) is 21.5. The Labute approximate surface area is 170 Å². The molecule has 0 aliphatic rings. The number of unbranched alkanes of at least 4 members (excludes halogenated alkanes) is 7. The van der Waals surface area contributed by atoms with Gasteiger partial charge in [0.25, 0.3) is 5.97 Å². The highest BCUT2D eigenvalue weighted by molar-refractivity contribution is 5.76. The third-order valence-electron chi connectivity index (χ3n) is 3.96. The number of carbonyl (C=O) groups is 3. The number of carbonyl (C=O) groups excluding carboxylic acids is 2. The van der Waals surface area contributed by atoms with Crippen molar-refractivity contribution in [3.05, 3.63) is 0 Å². The molecule has 0 aromatic heterocycles. The maximum atomic E-state index is 11.4. The first-order valence-corrected chi connectivity index (χ1v) is 10.6. The first-order chi connectivity index (χ1) is 13.4. The van der Waals surface area contributed by atoms with Crippen LogP contribution in [0.1, 0.15) is 84.0 Å². The smallest absolute Gasteiger partial charge is 0.300 e. The highest BCUT2D eigenvalue weighted by Gasteiger charge is 2.00. The van der Waals surface area contributed by atoms with Crippen molar-refractivity contribution in [3.63, 3.8) is 0 Å². The Morgan fingerprint density at radius 3 is 1.21 bits per heavy atom. The average molecular weight is 403 g/mol. The van der Waals surface area contributed by atoms with E-state index in [1.165, 1.54) is 38.5 Å². The molecule has 166 valence electrons. The van der Waals surface area contributed by atoms with Gasteiger partial charge < -0.3 is 27.2 Å². The first kappa shape index (κ1) is 28.5. The third kappa shape index (κ3) is 29.1. The third-order valence-corrected chi connectivity index (χ3v) is 3.96. The number of amides is 2. The molecule has 2 amide bonds. The van der Waals surface area contributed by atoms with Gasteiger partial charge in [-0.15, -0.1) is 0 Å². The van der Waals surface area contributed by atoms with Crippen LogP contribution in [0.3, 0.4) is 0 Å². The number of rotatable bonds is 17. The van der Waals surface area contributed by atoms with Crippen molar-refractivity contribution in [2.75, 3.05) is 26.2 Å². The Kier molecular flexibility index (Phi) is 23.8. The van der Waals surface area contributed by atoms with Crippen LogP contribution in [-0.4, -0.2) is 49.1 Å². The lowest BCUT2D eigenvalue weighted by Crippen LogP contribution is -2.24. The fourth-order valence-corrected chi connectivity index (χ4v) is 2.47. The Hall–Kier alpha value is -1.67. The van der Waals surface area contributed by atoms with Gasteiger partial charge in [0.05, 0.1) is 0 Å². The van der Waals surface area contributed by atoms with E-state index in [-0.39, 0.29) is 11.8 Å². The molecule has 0 spiro atoms. The van der Waals surface area contributed by atoms with E-state index in [9.17, 15) is 9.59 Å². The molecule has 0 bridgehead atoms. The number of carboxylic acid groups (broad SMARTS) is 1. The Morgan fingerprint density at radius 1 is 0.643 bits per heavy atom. The molecule has 0 unspecified atom stereocenters.